The predicted molar refractivity (Wildman–Crippen MR) is 138 cm³/mol. The minimum atomic E-state index is -0.877. The highest BCUT2D eigenvalue weighted by Crippen LogP contribution is 2.41. The lowest BCUT2D eigenvalue weighted by atomic mass is 9.95. The number of carboxylic acid groups (broad SMARTS) is 1. The molecule has 2 aliphatic rings. The van der Waals surface area contributed by atoms with Crippen LogP contribution in [0.3, 0.4) is 0 Å². The van der Waals surface area contributed by atoms with Gasteiger partial charge in [-0.1, -0.05) is 17.7 Å². The Morgan fingerprint density at radius 1 is 1.14 bits per heavy atom. The van der Waals surface area contributed by atoms with E-state index in [-0.39, 0.29) is 28.2 Å². The number of aromatic hydroxyl groups is 1. The summed E-state index contributed by atoms with van der Waals surface area (Å²) in [6.45, 7) is 1.67. The molecule has 2 aromatic carbocycles. The Hall–Kier alpha value is -3.52. The van der Waals surface area contributed by atoms with Crippen LogP contribution in [-0.2, 0) is 0 Å². The van der Waals surface area contributed by atoms with Crippen LogP contribution < -0.4 is 10.1 Å². The fourth-order valence-corrected chi connectivity index (χ4v) is 5.00. The summed E-state index contributed by atoms with van der Waals surface area (Å²) < 4.78 is 5.27. The molecule has 5 rings (SSSR count). The molecule has 1 aromatic heterocycles. The smallest absolute Gasteiger partial charge is 0.407 e. The van der Waals surface area contributed by atoms with Crippen LogP contribution >= 0.6 is 11.6 Å². The number of anilines is 1. The van der Waals surface area contributed by atoms with E-state index in [9.17, 15) is 19.8 Å². The Morgan fingerprint density at radius 2 is 1.89 bits per heavy atom. The molecule has 1 saturated heterocycles. The van der Waals surface area contributed by atoms with Gasteiger partial charge in [-0.2, -0.15) is 0 Å². The average molecular weight is 510 g/mol. The number of benzene rings is 2. The zero-order valence-corrected chi connectivity index (χ0v) is 20.7. The van der Waals surface area contributed by atoms with E-state index in [4.69, 9.17) is 16.3 Å². The van der Waals surface area contributed by atoms with Crippen LogP contribution in [0.5, 0.6) is 11.5 Å². The summed E-state index contributed by atoms with van der Waals surface area (Å²) in [7, 11) is 1.47. The number of ether oxygens (including phenoxy) is 1. The lowest BCUT2D eigenvalue weighted by molar-refractivity contribution is 0.0967. The second-order valence-electron chi connectivity index (χ2n) is 9.52. The van der Waals surface area contributed by atoms with Crippen molar-refractivity contribution in [3.63, 3.8) is 0 Å². The third-order valence-electron chi connectivity index (χ3n) is 7.12. The van der Waals surface area contributed by atoms with Crippen molar-refractivity contribution in [2.24, 2.45) is 11.8 Å². The summed E-state index contributed by atoms with van der Waals surface area (Å²) in [5.41, 5.74) is 3.72. The van der Waals surface area contributed by atoms with Crippen LogP contribution in [0.15, 0.2) is 36.5 Å². The molecule has 0 unspecified atom stereocenters. The van der Waals surface area contributed by atoms with Gasteiger partial charge in [-0.15, -0.1) is 0 Å². The van der Waals surface area contributed by atoms with Gasteiger partial charge in [0.2, 0.25) is 0 Å². The summed E-state index contributed by atoms with van der Waals surface area (Å²) in [5.74, 6) is 0.619. The monoisotopic (exact) mass is 509 g/mol. The first-order valence-electron chi connectivity index (χ1n) is 12.1. The molecule has 36 heavy (non-hydrogen) atoms. The van der Waals surface area contributed by atoms with Gasteiger partial charge in [-0.3, -0.25) is 9.78 Å². The highest BCUT2D eigenvalue weighted by atomic mass is 35.5. The van der Waals surface area contributed by atoms with Crippen molar-refractivity contribution >= 4 is 40.1 Å². The second kappa shape index (κ2) is 9.85. The van der Waals surface area contributed by atoms with E-state index in [1.54, 1.807) is 18.3 Å². The van der Waals surface area contributed by atoms with E-state index < -0.39 is 6.09 Å². The van der Waals surface area contributed by atoms with Crippen LogP contribution in [0.25, 0.3) is 22.0 Å². The number of phenolic OH excluding ortho intramolecular Hbond substituents is 1. The number of methoxy groups -OCH3 is 1. The number of carbonyl (C=O) groups excluding carboxylic acids is 1. The summed E-state index contributed by atoms with van der Waals surface area (Å²) in [5, 5.41) is 23.9. The van der Waals surface area contributed by atoms with E-state index in [0.717, 1.165) is 53.4 Å². The van der Waals surface area contributed by atoms with Crippen LogP contribution in [-0.4, -0.2) is 58.7 Å². The van der Waals surface area contributed by atoms with Gasteiger partial charge in [-0.05, 0) is 67.0 Å². The zero-order chi connectivity index (χ0) is 25.4. The van der Waals surface area contributed by atoms with E-state index in [1.165, 1.54) is 12.0 Å². The Kier molecular flexibility index (Phi) is 6.62. The van der Waals surface area contributed by atoms with E-state index in [2.05, 4.69) is 10.3 Å². The number of ketones is 1. The largest absolute Gasteiger partial charge is 0.503 e. The van der Waals surface area contributed by atoms with Gasteiger partial charge in [-0.25, -0.2) is 4.79 Å². The maximum Gasteiger partial charge on any atom is 0.407 e. The van der Waals surface area contributed by atoms with Gasteiger partial charge in [0, 0.05) is 37.1 Å². The molecule has 2 heterocycles. The van der Waals surface area contributed by atoms with Crippen molar-refractivity contribution in [3.8, 4) is 22.6 Å². The lowest BCUT2D eigenvalue weighted by Gasteiger charge is -2.30. The molecule has 0 atom stereocenters. The molecule has 1 saturated carbocycles. The van der Waals surface area contributed by atoms with E-state index in [1.807, 2.05) is 18.2 Å². The number of phenols is 1. The number of hydrogen-bond donors (Lipinski definition) is 3. The van der Waals surface area contributed by atoms with E-state index >= 15 is 0 Å². The maximum atomic E-state index is 13.1. The number of hydrogen-bond acceptors (Lipinski definition) is 6. The quantitative estimate of drug-likeness (QED) is 0.352. The normalized spacial score (nSPS) is 16.2. The minimum absolute atomic E-state index is 0.0481. The number of aromatic nitrogens is 1. The van der Waals surface area contributed by atoms with Crippen LogP contribution in [0, 0.1) is 11.8 Å². The molecule has 0 spiro atoms. The topological polar surface area (TPSA) is 112 Å². The number of nitrogens with zero attached hydrogens (tertiary/aromatic N) is 2. The number of nitrogens with one attached hydrogen (secondary N) is 1. The van der Waals surface area contributed by atoms with Crippen LogP contribution in [0.1, 0.15) is 36.0 Å². The highest BCUT2D eigenvalue weighted by molar-refractivity contribution is 6.32. The first-order valence-corrected chi connectivity index (χ1v) is 12.5. The van der Waals surface area contributed by atoms with Crippen molar-refractivity contribution in [1.82, 2.24) is 9.88 Å². The summed E-state index contributed by atoms with van der Waals surface area (Å²) in [4.78, 5) is 30.4. The molecule has 188 valence electrons. The Morgan fingerprint density at radius 3 is 2.56 bits per heavy atom. The zero-order valence-electron chi connectivity index (χ0n) is 20.0. The maximum absolute atomic E-state index is 13.1. The fraction of sp³-hybridized carbons (Fsp3) is 0.370. The molecule has 2 fully saturated rings. The van der Waals surface area contributed by atoms with Crippen molar-refractivity contribution in [2.75, 3.05) is 32.1 Å². The van der Waals surface area contributed by atoms with E-state index in [0.29, 0.717) is 31.1 Å². The molecule has 9 heteroatoms. The predicted octanol–water partition coefficient (Wildman–Crippen LogP) is 5.66. The molecular weight excluding hydrogens is 482 g/mol. The fourth-order valence-electron chi connectivity index (χ4n) is 4.79. The Balaban J connectivity index is 1.51. The van der Waals surface area contributed by atoms with Gasteiger partial charge in [0.25, 0.3) is 0 Å². The number of likely N-dealkylation sites (tertiary alicyclic amines) is 1. The molecular formula is C27H28ClN3O5. The standard InChI is InChI=1S/C27H28ClN3O5/c1-36-23-12-18(11-21(28)26(23)33)17-4-5-22-19(10-17)24(20(14-29-22)25(32)16-2-3-16)30-13-15-6-8-31(9-7-15)27(34)35/h4-5,10-12,14-16,33H,2-3,6-9,13H2,1H3,(H,29,30)(H,34,35). The summed E-state index contributed by atoms with van der Waals surface area (Å²) >= 11 is 6.23. The highest BCUT2D eigenvalue weighted by Gasteiger charge is 2.33. The third kappa shape index (κ3) is 4.78. The first kappa shape index (κ1) is 24.2. The van der Waals surface area contributed by atoms with Crippen molar-refractivity contribution < 1.29 is 24.5 Å². The Bertz CT molecular complexity index is 1330. The molecule has 0 bridgehead atoms. The number of fused-ring (bicyclic) bond motifs is 1. The number of Topliss-reactive ketones (excluding diaryl/α,β-unsaturated/α-hetero) is 1. The van der Waals surface area contributed by atoms with Gasteiger partial charge >= 0.3 is 6.09 Å². The number of halogens is 1. The SMILES string of the molecule is COc1cc(-c2ccc3ncc(C(=O)C4CC4)c(NCC4CCN(C(=O)O)CC4)c3c2)cc(Cl)c1O. The van der Waals surface area contributed by atoms with Crippen molar-refractivity contribution in [1.29, 1.82) is 0 Å². The lowest BCUT2D eigenvalue weighted by Crippen LogP contribution is -2.39. The van der Waals surface area contributed by atoms with Gasteiger partial charge in [0.1, 0.15) is 0 Å². The summed E-state index contributed by atoms with van der Waals surface area (Å²) in [6, 6.07) is 9.20. The average Bonchev–Trinajstić information content (AvgIpc) is 3.74. The second-order valence-corrected chi connectivity index (χ2v) is 9.93. The van der Waals surface area contributed by atoms with Crippen LogP contribution in [0.2, 0.25) is 5.02 Å². The number of carbonyl (C=O) groups is 2. The number of piperidine rings is 1. The van der Waals surface area contributed by atoms with Crippen molar-refractivity contribution in [2.45, 2.75) is 25.7 Å². The summed E-state index contributed by atoms with van der Waals surface area (Å²) in [6.07, 6.45) is 4.12. The molecule has 1 aliphatic carbocycles. The van der Waals surface area contributed by atoms with Crippen molar-refractivity contribution in [3.05, 3.63) is 47.1 Å². The number of pyridine rings is 1. The first-order chi connectivity index (χ1) is 17.4. The third-order valence-corrected chi connectivity index (χ3v) is 7.40. The molecule has 1 aliphatic heterocycles. The molecule has 3 N–H and O–H groups in total. The van der Waals surface area contributed by atoms with Gasteiger partial charge < -0.3 is 25.2 Å². The van der Waals surface area contributed by atoms with Crippen LogP contribution in [0.4, 0.5) is 10.5 Å². The number of rotatable bonds is 7. The number of amides is 1. The van der Waals surface area contributed by atoms with Gasteiger partial charge in [0.05, 0.1) is 28.9 Å². The molecule has 3 aromatic rings. The molecule has 0 radical (unpaired) electrons. The van der Waals surface area contributed by atoms with Gasteiger partial charge in [0.15, 0.2) is 17.3 Å². The Labute approximate surface area is 213 Å². The minimum Gasteiger partial charge on any atom is -0.503 e. The molecule has 8 nitrogen and oxygen atoms in total. The molecule has 1 amide bonds.